The maximum absolute atomic E-state index is 9.41. The summed E-state index contributed by atoms with van der Waals surface area (Å²) >= 11 is 0. The van der Waals surface area contributed by atoms with Gasteiger partial charge in [0.15, 0.2) is 5.82 Å². The second kappa shape index (κ2) is 4.81. The van der Waals surface area contributed by atoms with E-state index in [1.807, 2.05) is 41.8 Å². The molecule has 100 valence electrons. The van der Waals surface area contributed by atoms with Gasteiger partial charge >= 0.3 is 0 Å². The van der Waals surface area contributed by atoms with Crippen LogP contribution in [0.4, 0.5) is 0 Å². The molecule has 0 saturated carbocycles. The fourth-order valence-electron chi connectivity index (χ4n) is 2.27. The van der Waals surface area contributed by atoms with E-state index in [0.29, 0.717) is 0 Å². The Balaban J connectivity index is 2.20. The highest BCUT2D eigenvalue weighted by Gasteiger charge is 2.14. The van der Waals surface area contributed by atoms with Crippen molar-refractivity contribution in [3.63, 3.8) is 0 Å². The van der Waals surface area contributed by atoms with Crippen molar-refractivity contribution in [2.24, 2.45) is 0 Å². The molecule has 3 rings (SSSR count). The summed E-state index contributed by atoms with van der Waals surface area (Å²) in [6.45, 7) is 3.97. The van der Waals surface area contributed by atoms with Gasteiger partial charge in [0.2, 0.25) is 0 Å². The number of hydrogen-bond acceptors (Lipinski definition) is 3. The molecule has 1 aromatic heterocycles. The van der Waals surface area contributed by atoms with Gasteiger partial charge in [-0.2, -0.15) is 0 Å². The van der Waals surface area contributed by atoms with Gasteiger partial charge in [-0.1, -0.05) is 24.3 Å². The zero-order valence-corrected chi connectivity index (χ0v) is 11.4. The first-order chi connectivity index (χ1) is 9.66. The van der Waals surface area contributed by atoms with Crippen LogP contribution in [0.15, 0.2) is 48.5 Å². The van der Waals surface area contributed by atoms with Gasteiger partial charge in [-0.3, -0.25) is 4.57 Å². The number of benzene rings is 2. The van der Waals surface area contributed by atoms with Crippen molar-refractivity contribution in [1.29, 1.82) is 0 Å². The largest absolute Gasteiger partial charge is 0.508 e. The number of phenols is 1. The molecule has 0 saturated heterocycles. The molecule has 0 aliphatic rings. The number of aromatic nitrogens is 3. The molecule has 0 unspecified atom stereocenters. The quantitative estimate of drug-likeness (QED) is 0.773. The van der Waals surface area contributed by atoms with Crippen LogP contribution in [0.3, 0.4) is 0 Å². The van der Waals surface area contributed by atoms with Gasteiger partial charge < -0.3 is 5.11 Å². The summed E-state index contributed by atoms with van der Waals surface area (Å²) < 4.78 is 1.99. The Morgan fingerprint density at radius 3 is 2.30 bits per heavy atom. The Hall–Kier alpha value is -2.62. The minimum atomic E-state index is 0.247. The number of phenolic OH excluding ortho intramolecular Hbond substituents is 1. The zero-order chi connectivity index (χ0) is 14.1. The Morgan fingerprint density at radius 2 is 1.60 bits per heavy atom. The van der Waals surface area contributed by atoms with E-state index in [0.717, 1.165) is 28.5 Å². The molecule has 0 amide bonds. The second-order valence-corrected chi connectivity index (χ2v) is 4.74. The van der Waals surface area contributed by atoms with Crippen molar-refractivity contribution in [2.45, 2.75) is 13.8 Å². The molecule has 4 heteroatoms. The third-order valence-electron chi connectivity index (χ3n) is 3.32. The van der Waals surface area contributed by atoms with E-state index in [4.69, 9.17) is 0 Å². The summed E-state index contributed by atoms with van der Waals surface area (Å²) in [5, 5.41) is 17.9. The maximum atomic E-state index is 9.41. The highest BCUT2D eigenvalue weighted by molar-refractivity contribution is 5.62. The molecule has 1 heterocycles. The summed E-state index contributed by atoms with van der Waals surface area (Å²) in [5.74, 6) is 1.87. The highest BCUT2D eigenvalue weighted by atomic mass is 16.3. The molecule has 2 aromatic carbocycles. The number of rotatable bonds is 2. The van der Waals surface area contributed by atoms with Gasteiger partial charge in [-0.25, -0.2) is 0 Å². The van der Waals surface area contributed by atoms with E-state index in [-0.39, 0.29) is 5.75 Å². The third kappa shape index (κ3) is 2.05. The molecule has 20 heavy (non-hydrogen) atoms. The number of aromatic hydroxyl groups is 1. The molecule has 0 aliphatic carbocycles. The van der Waals surface area contributed by atoms with Gasteiger partial charge in [0.05, 0.1) is 0 Å². The molecule has 0 radical (unpaired) electrons. The molecule has 1 N–H and O–H groups in total. The van der Waals surface area contributed by atoms with E-state index in [9.17, 15) is 5.11 Å². The Kier molecular flexibility index (Phi) is 2.99. The van der Waals surface area contributed by atoms with E-state index in [2.05, 4.69) is 23.2 Å². The van der Waals surface area contributed by atoms with Crippen LogP contribution in [0, 0.1) is 13.8 Å². The zero-order valence-electron chi connectivity index (χ0n) is 11.4. The number of aryl methyl sites for hydroxylation is 2. The normalized spacial score (nSPS) is 10.7. The fourth-order valence-corrected chi connectivity index (χ4v) is 2.27. The fraction of sp³-hybridized carbons (Fsp3) is 0.125. The predicted molar refractivity (Wildman–Crippen MR) is 77.9 cm³/mol. The number of hydrogen-bond donors (Lipinski definition) is 1. The molecule has 0 bridgehead atoms. The van der Waals surface area contributed by atoms with Crippen molar-refractivity contribution < 1.29 is 5.11 Å². The van der Waals surface area contributed by atoms with Crippen LogP contribution in [0.25, 0.3) is 17.1 Å². The van der Waals surface area contributed by atoms with Gasteiger partial charge in [-0.15, -0.1) is 10.2 Å². The van der Waals surface area contributed by atoms with E-state index in [1.165, 1.54) is 0 Å². The standard InChI is InChI=1S/C16H15N3O/c1-11-5-3-4-6-15(11)16-18-17-12(2)19(16)13-7-9-14(20)10-8-13/h3-10,20H,1-2H3. The molecule has 0 aliphatic heterocycles. The van der Waals surface area contributed by atoms with Gasteiger partial charge in [0.1, 0.15) is 11.6 Å². The summed E-state index contributed by atoms with van der Waals surface area (Å²) in [6, 6.07) is 15.1. The van der Waals surface area contributed by atoms with Gasteiger partial charge in [0.25, 0.3) is 0 Å². The molecule has 0 fully saturated rings. The van der Waals surface area contributed by atoms with E-state index in [1.54, 1.807) is 12.1 Å². The lowest BCUT2D eigenvalue weighted by Gasteiger charge is -2.10. The molecular formula is C16H15N3O. The monoisotopic (exact) mass is 265 g/mol. The average Bonchev–Trinajstić information content (AvgIpc) is 2.82. The molecule has 4 nitrogen and oxygen atoms in total. The first-order valence-corrected chi connectivity index (χ1v) is 6.44. The van der Waals surface area contributed by atoms with Crippen LogP contribution in [-0.4, -0.2) is 19.9 Å². The third-order valence-corrected chi connectivity index (χ3v) is 3.32. The Bertz CT molecular complexity index is 745. The lowest BCUT2D eigenvalue weighted by molar-refractivity contribution is 0.475. The van der Waals surface area contributed by atoms with Crippen LogP contribution in [0.5, 0.6) is 5.75 Å². The topological polar surface area (TPSA) is 50.9 Å². The van der Waals surface area contributed by atoms with Crippen molar-refractivity contribution in [3.8, 4) is 22.8 Å². The van der Waals surface area contributed by atoms with Crippen LogP contribution in [0.2, 0.25) is 0 Å². The lowest BCUT2D eigenvalue weighted by Crippen LogP contribution is -2.00. The van der Waals surface area contributed by atoms with Crippen LogP contribution in [-0.2, 0) is 0 Å². The summed E-state index contributed by atoms with van der Waals surface area (Å²) in [5.41, 5.74) is 3.14. The first kappa shape index (κ1) is 12.4. The Labute approximate surface area is 117 Å². The lowest BCUT2D eigenvalue weighted by atomic mass is 10.1. The summed E-state index contributed by atoms with van der Waals surface area (Å²) in [7, 11) is 0. The molecule has 3 aromatic rings. The van der Waals surface area contributed by atoms with Gasteiger partial charge in [0, 0.05) is 11.3 Å². The molecule has 0 spiro atoms. The first-order valence-electron chi connectivity index (χ1n) is 6.44. The molecule has 0 atom stereocenters. The minimum Gasteiger partial charge on any atom is -0.508 e. The Morgan fingerprint density at radius 1 is 0.900 bits per heavy atom. The van der Waals surface area contributed by atoms with Crippen LogP contribution < -0.4 is 0 Å². The molecular weight excluding hydrogens is 250 g/mol. The average molecular weight is 265 g/mol. The number of nitrogens with zero attached hydrogens (tertiary/aromatic N) is 3. The second-order valence-electron chi connectivity index (χ2n) is 4.74. The highest BCUT2D eigenvalue weighted by Crippen LogP contribution is 2.26. The van der Waals surface area contributed by atoms with Crippen molar-refractivity contribution >= 4 is 0 Å². The summed E-state index contributed by atoms with van der Waals surface area (Å²) in [6.07, 6.45) is 0. The summed E-state index contributed by atoms with van der Waals surface area (Å²) in [4.78, 5) is 0. The SMILES string of the molecule is Cc1ccccc1-c1nnc(C)n1-c1ccc(O)cc1. The van der Waals surface area contributed by atoms with Crippen molar-refractivity contribution in [1.82, 2.24) is 14.8 Å². The van der Waals surface area contributed by atoms with Crippen LogP contribution in [0.1, 0.15) is 11.4 Å². The minimum absolute atomic E-state index is 0.247. The van der Waals surface area contributed by atoms with E-state index >= 15 is 0 Å². The van der Waals surface area contributed by atoms with Crippen molar-refractivity contribution in [2.75, 3.05) is 0 Å². The van der Waals surface area contributed by atoms with Crippen molar-refractivity contribution in [3.05, 3.63) is 59.9 Å². The predicted octanol–water partition coefficient (Wildman–Crippen LogP) is 3.26. The van der Waals surface area contributed by atoms with Crippen LogP contribution >= 0.6 is 0 Å². The van der Waals surface area contributed by atoms with Gasteiger partial charge in [-0.05, 0) is 43.7 Å². The maximum Gasteiger partial charge on any atom is 0.168 e. The van der Waals surface area contributed by atoms with E-state index < -0.39 is 0 Å². The smallest absolute Gasteiger partial charge is 0.168 e.